The summed E-state index contributed by atoms with van der Waals surface area (Å²) in [5.74, 6) is 0. The van der Waals surface area contributed by atoms with Crippen LogP contribution in [-0.2, 0) is 4.74 Å². The highest BCUT2D eigenvalue weighted by Gasteiger charge is 2.32. The Balaban J connectivity index is 1.96. The van der Waals surface area contributed by atoms with Gasteiger partial charge in [0.05, 0.1) is 6.61 Å². The number of ether oxygens (including phenoxy) is 1. The number of nitrogens with two attached hydrogens (primary N) is 1. The van der Waals surface area contributed by atoms with Gasteiger partial charge in [-0.05, 0) is 31.0 Å². The van der Waals surface area contributed by atoms with Gasteiger partial charge < -0.3 is 20.7 Å². The molecule has 3 N–H and O–H groups in total. The topological polar surface area (TPSA) is 67.6 Å². The number of benzene rings is 1. The first-order chi connectivity index (χ1) is 8.70. The van der Waals surface area contributed by atoms with Crippen molar-refractivity contribution in [3.63, 3.8) is 0 Å². The van der Waals surface area contributed by atoms with Gasteiger partial charge in [0, 0.05) is 31.1 Å². The van der Waals surface area contributed by atoms with Crippen molar-refractivity contribution >= 4 is 17.4 Å². The summed E-state index contributed by atoms with van der Waals surface area (Å²) in [6, 6.07) is 7.47. The van der Waals surface area contributed by atoms with Crippen LogP contribution in [0.5, 0.6) is 0 Å². The minimum atomic E-state index is -0.0832. The number of nitrogens with zero attached hydrogens (tertiary/aromatic N) is 1. The van der Waals surface area contributed by atoms with E-state index in [1.165, 1.54) is 0 Å². The maximum Gasteiger partial charge on any atom is 0.322 e. The Morgan fingerprint density at radius 2 is 2.33 bits per heavy atom. The van der Waals surface area contributed by atoms with Crippen molar-refractivity contribution in [2.75, 3.05) is 31.3 Å². The number of hydrogen-bond donors (Lipinski definition) is 2. The van der Waals surface area contributed by atoms with Gasteiger partial charge >= 0.3 is 6.03 Å². The molecule has 1 aromatic carbocycles. The van der Waals surface area contributed by atoms with Gasteiger partial charge in [0.2, 0.25) is 0 Å². The Morgan fingerprint density at radius 3 is 2.94 bits per heavy atom. The molecule has 5 heteroatoms. The molecule has 1 saturated carbocycles. The van der Waals surface area contributed by atoms with Crippen molar-refractivity contribution in [2.45, 2.75) is 18.9 Å². The van der Waals surface area contributed by atoms with Crippen molar-refractivity contribution in [2.24, 2.45) is 0 Å². The van der Waals surface area contributed by atoms with Gasteiger partial charge in [-0.2, -0.15) is 0 Å². The predicted octanol–water partition coefficient (Wildman–Crippen LogP) is 1.91. The average molecular weight is 249 g/mol. The van der Waals surface area contributed by atoms with E-state index in [1.807, 2.05) is 17.0 Å². The molecule has 0 heterocycles. The van der Waals surface area contributed by atoms with E-state index in [9.17, 15) is 4.79 Å². The summed E-state index contributed by atoms with van der Waals surface area (Å²) >= 11 is 0. The zero-order chi connectivity index (χ0) is 13.0. The number of nitrogen functional groups attached to an aromatic ring is 1. The number of anilines is 2. The first-order valence-electron chi connectivity index (χ1n) is 6.13. The van der Waals surface area contributed by atoms with Crippen LogP contribution in [0.1, 0.15) is 12.8 Å². The van der Waals surface area contributed by atoms with Gasteiger partial charge in [0.15, 0.2) is 0 Å². The summed E-state index contributed by atoms with van der Waals surface area (Å²) in [6.45, 7) is 1.18. The minimum Gasteiger partial charge on any atom is -0.399 e. The maximum absolute atomic E-state index is 12.1. The predicted molar refractivity (Wildman–Crippen MR) is 71.5 cm³/mol. The molecule has 0 atom stereocenters. The van der Waals surface area contributed by atoms with Crippen LogP contribution in [0.4, 0.5) is 16.2 Å². The Kier molecular flexibility index (Phi) is 4.04. The van der Waals surface area contributed by atoms with Crippen LogP contribution in [0.25, 0.3) is 0 Å². The van der Waals surface area contributed by atoms with E-state index >= 15 is 0 Å². The molecule has 0 aliphatic heterocycles. The summed E-state index contributed by atoms with van der Waals surface area (Å²) in [5.41, 5.74) is 7.04. The van der Waals surface area contributed by atoms with Crippen LogP contribution in [0, 0.1) is 0 Å². The highest BCUT2D eigenvalue weighted by molar-refractivity contribution is 5.90. The third-order valence-corrected chi connectivity index (χ3v) is 2.92. The molecule has 1 aromatic rings. The number of carbonyl (C=O) groups excluding carboxylic acids is 1. The molecule has 0 saturated heterocycles. The molecule has 0 aromatic heterocycles. The van der Waals surface area contributed by atoms with E-state index in [0.717, 1.165) is 18.5 Å². The van der Waals surface area contributed by atoms with Crippen LogP contribution >= 0.6 is 0 Å². The summed E-state index contributed by atoms with van der Waals surface area (Å²) < 4.78 is 5.03. The van der Waals surface area contributed by atoms with Crippen molar-refractivity contribution in [1.82, 2.24) is 4.90 Å². The molecule has 5 nitrogen and oxygen atoms in total. The van der Waals surface area contributed by atoms with E-state index in [-0.39, 0.29) is 6.03 Å². The monoisotopic (exact) mass is 249 g/mol. The smallest absolute Gasteiger partial charge is 0.322 e. The van der Waals surface area contributed by atoms with Gasteiger partial charge in [-0.15, -0.1) is 0 Å². The summed E-state index contributed by atoms with van der Waals surface area (Å²) in [6.07, 6.45) is 2.15. The quantitative estimate of drug-likeness (QED) is 0.783. The number of urea groups is 1. The lowest BCUT2D eigenvalue weighted by atomic mass is 10.3. The van der Waals surface area contributed by atoms with Gasteiger partial charge in [0.25, 0.3) is 0 Å². The molecule has 2 rings (SSSR count). The SMILES string of the molecule is COCCN(C(=O)Nc1cccc(N)c1)C1CC1. The second kappa shape index (κ2) is 5.73. The second-order valence-corrected chi connectivity index (χ2v) is 4.47. The third kappa shape index (κ3) is 3.37. The molecule has 18 heavy (non-hydrogen) atoms. The first-order valence-corrected chi connectivity index (χ1v) is 6.13. The Hall–Kier alpha value is -1.75. The zero-order valence-corrected chi connectivity index (χ0v) is 10.6. The maximum atomic E-state index is 12.1. The van der Waals surface area contributed by atoms with Crippen molar-refractivity contribution in [3.05, 3.63) is 24.3 Å². The lowest BCUT2D eigenvalue weighted by molar-refractivity contribution is 0.152. The van der Waals surface area contributed by atoms with Gasteiger partial charge in [-0.1, -0.05) is 6.07 Å². The van der Waals surface area contributed by atoms with E-state index in [1.54, 1.807) is 19.2 Å². The molecule has 0 bridgehead atoms. The standard InChI is InChI=1S/C13H19N3O2/c1-18-8-7-16(12-5-6-12)13(17)15-11-4-2-3-10(14)9-11/h2-4,9,12H,5-8,14H2,1H3,(H,15,17). The molecule has 2 amide bonds. The average Bonchev–Trinajstić information content (AvgIpc) is 3.14. The van der Waals surface area contributed by atoms with Gasteiger partial charge in [-0.25, -0.2) is 4.79 Å². The molecule has 0 unspecified atom stereocenters. The Morgan fingerprint density at radius 1 is 1.56 bits per heavy atom. The van der Waals surface area contributed by atoms with E-state index in [0.29, 0.717) is 24.9 Å². The fourth-order valence-electron chi connectivity index (χ4n) is 1.84. The number of nitrogens with one attached hydrogen (secondary N) is 1. The van der Waals surface area contributed by atoms with E-state index in [2.05, 4.69) is 5.32 Å². The lowest BCUT2D eigenvalue weighted by Gasteiger charge is -2.22. The second-order valence-electron chi connectivity index (χ2n) is 4.47. The molecule has 1 fully saturated rings. The Bertz CT molecular complexity index is 418. The molecular formula is C13H19N3O2. The van der Waals surface area contributed by atoms with Crippen molar-refractivity contribution in [1.29, 1.82) is 0 Å². The summed E-state index contributed by atoms with van der Waals surface area (Å²) in [5, 5.41) is 2.86. The van der Waals surface area contributed by atoms with Gasteiger partial charge in [-0.3, -0.25) is 0 Å². The molecule has 1 aliphatic rings. The summed E-state index contributed by atoms with van der Waals surface area (Å²) in [4.78, 5) is 14.0. The van der Waals surface area contributed by atoms with Crippen LogP contribution in [0.15, 0.2) is 24.3 Å². The molecule has 0 radical (unpaired) electrons. The lowest BCUT2D eigenvalue weighted by Crippen LogP contribution is -2.39. The normalized spacial score (nSPS) is 14.3. The van der Waals surface area contributed by atoms with E-state index < -0.39 is 0 Å². The highest BCUT2D eigenvalue weighted by atomic mass is 16.5. The number of hydrogen-bond acceptors (Lipinski definition) is 3. The first kappa shape index (κ1) is 12.7. The molecule has 1 aliphatic carbocycles. The summed E-state index contributed by atoms with van der Waals surface area (Å²) in [7, 11) is 1.64. The minimum absolute atomic E-state index is 0.0832. The Labute approximate surface area is 107 Å². The molecular weight excluding hydrogens is 230 g/mol. The largest absolute Gasteiger partial charge is 0.399 e. The number of methoxy groups -OCH3 is 1. The third-order valence-electron chi connectivity index (χ3n) is 2.92. The van der Waals surface area contributed by atoms with Gasteiger partial charge in [0.1, 0.15) is 0 Å². The zero-order valence-electron chi connectivity index (χ0n) is 10.6. The van der Waals surface area contributed by atoms with E-state index in [4.69, 9.17) is 10.5 Å². The fraction of sp³-hybridized carbons (Fsp3) is 0.462. The van der Waals surface area contributed by atoms with Crippen LogP contribution in [0.2, 0.25) is 0 Å². The van der Waals surface area contributed by atoms with Crippen LogP contribution < -0.4 is 11.1 Å². The highest BCUT2D eigenvalue weighted by Crippen LogP contribution is 2.27. The van der Waals surface area contributed by atoms with Crippen LogP contribution in [0.3, 0.4) is 0 Å². The fourth-order valence-corrected chi connectivity index (χ4v) is 1.84. The molecule has 98 valence electrons. The number of amides is 2. The molecule has 0 spiro atoms. The van der Waals surface area contributed by atoms with Crippen molar-refractivity contribution < 1.29 is 9.53 Å². The van der Waals surface area contributed by atoms with Crippen molar-refractivity contribution in [3.8, 4) is 0 Å². The number of carbonyl (C=O) groups is 1. The van der Waals surface area contributed by atoms with Crippen LogP contribution in [-0.4, -0.2) is 37.2 Å². The number of rotatable bonds is 5.